The number of benzene rings is 1. The van der Waals surface area contributed by atoms with Gasteiger partial charge in [0, 0.05) is 9.50 Å². The quantitative estimate of drug-likeness (QED) is 0.867. The Morgan fingerprint density at radius 3 is 2.72 bits per heavy atom. The minimum atomic E-state index is -0.375. The van der Waals surface area contributed by atoms with Crippen LogP contribution in [0.25, 0.3) is 0 Å². The van der Waals surface area contributed by atoms with Crippen LogP contribution in [-0.4, -0.2) is 16.1 Å². The molecular weight excluding hydrogens is 361 g/mol. The van der Waals surface area contributed by atoms with Crippen molar-refractivity contribution in [2.24, 2.45) is 0 Å². The number of carbonyl (C=O) groups is 1. The molecule has 18 heavy (non-hydrogen) atoms. The van der Waals surface area contributed by atoms with Gasteiger partial charge in [0.25, 0.3) is 5.91 Å². The van der Waals surface area contributed by atoms with E-state index >= 15 is 0 Å². The molecule has 1 amide bonds. The average molecular weight is 367 g/mol. The van der Waals surface area contributed by atoms with Gasteiger partial charge in [0.15, 0.2) is 0 Å². The molecule has 0 saturated heterocycles. The summed E-state index contributed by atoms with van der Waals surface area (Å²) in [7, 11) is 0. The van der Waals surface area contributed by atoms with Crippen molar-refractivity contribution in [3.8, 4) is 0 Å². The van der Waals surface area contributed by atoms with E-state index in [1.54, 1.807) is 6.07 Å². The van der Waals surface area contributed by atoms with Gasteiger partial charge in [-0.2, -0.15) is 0 Å². The van der Waals surface area contributed by atoms with E-state index in [2.05, 4.69) is 31.4 Å². The zero-order valence-corrected chi connectivity index (χ0v) is 12.9. The fraction of sp³-hybridized carbons (Fsp3) is 0.100. The molecule has 8 heteroatoms. The Kier molecular flexibility index (Phi) is 4.21. The fourth-order valence-corrected chi connectivity index (χ4v) is 2.66. The largest absolute Gasteiger partial charge is 0.319 e. The molecule has 4 nitrogen and oxygen atoms in total. The third-order valence-electron chi connectivity index (χ3n) is 2.09. The van der Waals surface area contributed by atoms with Crippen LogP contribution in [0.3, 0.4) is 0 Å². The van der Waals surface area contributed by atoms with Gasteiger partial charge in [0.2, 0.25) is 9.47 Å². The zero-order valence-electron chi connectivity index (χ0n) is 9.00. The van der Waals surface area contributed by atoms with Gasteiger partial charge in [-0.05, 0) is 52.2 Å². The van der Waals surface area contributed by atoms with Crippen LogP contribution in [0.2, 0.25) is 9.49 Å². The number of halogens is 3. The summed E-state index contributed by atoms with van der Waals surface area (Å²) in [6.45, 7) is 1.88. The molecule has 1 aromatic carbocycles. The number of hydrogen-bond acceptors (Lipinski definition) is 4. The first kappa shape index (κ1) is 13.7. The number of aromatic nitrogens is 2. The number of aryl methyl sites for hydroxylation is 1. The highest BCUT2D eigenvalue weighted by Gasteiger charge is 2.14. The first-order valence-corrected chi connectivity index (χ1v) is 7.10. The summed E-state index contributed by atoms with van der Waals surface area (Å²) >= 11 is 16.0. The summed E-state index contributed by atoms with van der Waals surface area (Å²) in [5.74, 6) is -0.375. The lowest BCUT2D eigenvalue weighted by Gasteiger charge is -2.08. The number of anilines is 1. The van der Waals surface area contributed by atoms with Crippen LogP contribution >= 0.6 is 50.5 Å². The van der Waals surface area contributed by atoms with Crippen molar-refractivity contribution in [2.45, 2.75) is 6.92 Å². The Morgan fingerprint density at radius 1 is 1.39 bits per heavy atom. The topological polar surface area (TPSA) is 54.9 Å². The van der Waals surface area contributed by atoms with Gasteiger partial charge in [-0.15, -0.1) is 10.2 Å². The van der Waals surface area contributed by atoms with Crippen LogP contribution in [0, 0.1) is 6.92 Å². The van der Waals surface area contributed by atoms with E-state index < -0.39 is 0 Å². The van der Waals surface area contributed by atoms with Crippen molar-refractivity contribution in [3.05, 3.63) is 36.7 Å². The first-order chi connectivity index (χ1) is 8.47. The number of amides is 1. The molecule has 0 bridgehead atoms. The summed E-state index contributed by atoms with van der Waals surface area (Å²) in [4.78, 5) is 11.9. The monoisotopic (exact) mass is 365 g/mol. The normalized spacial score (nSPS) is 10.4. The molecule has 0 saturated carbocycles. The SMILES string of the molecule is Cc1cc(Br)c(NC(=O)c2nnc(Cl)s2)cc1Cl. The number of nitrogens with zero attached hydrogens (tertiary/aromatic N) is 2. The summed E-state index contributed by atoms with van der Waals surface area (Å²) in [5.41, 5.74) is 1.49. The molecule has 1 N–H and O–H groups in total. The lowest BCUT2D eigenvalue weighted by molar-refractivity contribution is 0.102. The Bertz CT molecular complexity index is 617. The Morgan fingerprint density at radius 2 is 2.11 bits per heavy atom. The third-order valence-corrected chi connectivity index (χ3v) is 4.17. The second kappa shape index (κ2) is 5.52. The highest BCUT2D eigenvalue weighted by molar-refractivity contribution is 9.10. The molecule has 0 spiro atoms. The number of hydrogen-bond donors (Lipinski definition) is 1. The minimum Gasteiger partial charge on any atom is -0.319 e. The van der Waals surface area contributed by atoms with Crippen molar-refractivity contribution >= 4 is 62.1 Å². The Labute approximate surface area is 125 Å². The molecule has 0 aliphatic carbocycles. The van der Waals surface area contributed by atoms with Crippen molar-refractivity contribution in [2.75, 3.05) is 5.32 Å². The summed E-state index contributed by atoms with van der Waals surface area (Å²) in [5, 5.41) is 10.7. The van der Waals surface area contributed by atoms with Crippen LogP contribution in [0.4, 0.5) is 5.69 Å². The van der Waals surface area contributed by atoms with Gasteiger partial charge in [0.05, 0.1) is 5.69 Å². The summed E-state index contributed by atoms with van der Waals surface area (Å²) < 4.78 is 0.967. The Balaban J connectivity index is 2.24. The number of carbonyl (C=O) groups excluding carboxylic acids is 1. The predicted molar refractivity (Wildman–Crippen MR) is 76.8 cm³/mol. The molecule has 1 heterocycles. The van der Waals surface area contributed by atoms with Crippen molar-refractivity contribution in [3.63, 3.8) is 0 Å². The van der Waals surface area contributed by atoms with Gasteiger partial charge in [0.1, 0.15) is 0 Å². The van der Waals surface area contributed by atoms with Crippen molar-refractivity contribution in [1.29, 1.82) is 0 Å². The number of rotatable bonds is 2. The molecule has 0 unspecified atom stereocenters. The van der Waals surface area contributed by atoms with Gasteiger partial charge in [-0.3, -0.25) is 4.79 Å². The standard InChI is InChI=1S/C10H6BrCl2N3OS/c1-4-2-5(11)7(3-6(4)12)14-8(17)9-15-16-10(13)18-9/h2-3H,1H3,(H,14,17). The average Bonchev–Trinajstić information content (AvgIpc) is 2.73. The molecule has 0 radical (unpaired) electrons. The maximum absolute atomic E-state index is 11.9. The van der Waals surface area contributed by atoms with E-state index in [9.17, 15) is 4.79 Å². The van der Waals surface area contributed by atoms with E-state index in [0.29, 0.717) is 10.7 Å². The molecule has 1 aromatic heterocycles. The second-order valence-corrected chi connectivity index (χ2v) is 6.22. The fourth-order valence-electron chi connectivity index (χ4n) is 1.21. The van der Waals surface area contributed by atoms with Crippen molar-refractivity contribution < 1.29 is 4.79 Å². The highest BCUT2D eigenvalue weighted by atomic mass is 79.9. The van der Waals surface area contributed by atoms with Crippen LogP contribution in [-0.2, 0) is 0 Å². The van der Waals surface area contributed by atoms with E-state index in [0.717, 1.165) is 21.4 Å². The number of nitrogens with one attached hydrogen (secondary N) is 1. The van der Waals surface area contributed by atoms with Crippen LogP contribution < -0.4 is 5.32 Å². The molecule has 94 valence electrons. The Hall–Kier alpha value is -0.690. The van der Waals surface area contributed by atoms with Gasteiger partial charge in [-0.1, -0.05) is 22.9 Å². The predicted octanol–water partition coefficient (Wildman–Crippen LogP) is 4.17. The molecule has 0 fully saturated rings. The van der Waals surface area contributed by atoms with Crippen LogP contribution in [0.1, 0.15) is 15.4 Å². The highest BCUT2D eigenvalue weighted by Crippen LogP contribution is 2.29. The van der Waals surface area contributed by atoms with E-state index in [-0.39, 0.29) is 15.4 Å². The maximum Gasteiger partial charge on any atom is 0.286 e. The lowest BCUT2D eigenvalue weighted by Crippen LogP contribution is -2.12. The van der Waals surface area contributed by atoms with Crippen LogP contribution in [0.15, 0.2) is 16.6 Å². The van der Waals surface area contributed by atoms with Crippen molar-refractivity contribution in [1.82, 2.24) is 10.2 Å². The molecule has 2 aromatic rings. The van der Waals surface area contributed by atoms with E-state index in [1.807, 2.05) is 13.0 Å². The molecule has 0 aliphatic heterocycles. The third kappa shape index (κ3) is 3.00. The zero-order chi connectivity index (χ0) is 13.3. The van der Waals surface area contributed by atoms with Crippen LogP contribution in [0.5, 0.6) is 0 Å². The molecule has 2 rings (SSSR count). The van der Waals surface area contributed by atoms with Gasteiger partial charge < -0.3 is 5.32 Å². The second-order valence-electron chi connectivity index (χ2n) is 3.40. The maximum atomic E-state index is 11.9. The first-order valence-electron chi connectivity index (χ1n) is 4.73. The summed E-state index contributed by atoms with van der Waals surface area (Å²) in [6.07, 6.45) is 0. The molecule has 0 aliphatic rings. The lowest BCUT2D eigenvalue weighted by atomic mass is 10.2. The van der Waals surface area contributed by atoms with E-state index in [4.69, 9.17) is 23.2 Å². The van der Waals surface area contributed by atoms with Gasteiger partial charge in [-0.25, -0.2) is 0 Å². The molecular formula is C10H6BrCl2N3OS. The minimum absolute atomic E-state index is 0.198. The van der Waals surface area contributed by atoms with E-state index in [1.165, 1.54) is 0 Å². The summed E-state index contributed by atoms with van der Waals surface area (Å²) in [6, 6.07) is 3.49. The molecule has 0 atom stereocenters. The van der Waals surface area contributed by atoms with Gasteiger partial charge >= 0.3 is 0 Å². The smallest absolute Gasteiger partial charge is 0.286 e.